The number of nitrogens with one attached hydrogen (secondary N) is 4. The van der Waals surface area contributed by atoms with Crippen LogP contribution >= 0.6 is 23.5 Å². The lowest BCUT2D eigenvalue weighted by atomic mass is 9.84. The van der Waals surface area contributed by atoms with Crippen molar-refractivity contribution in [2.75, 3.05) is 11.5 Å². The van der Waals surface area contributed by atoms with E-state index in [1.54, 1.807) is 50.7 Å². The maximum Gasteiger partial charge on any atom is 0.306 e. The van der Waals surface area contributed by atoms with Crippen LogP contribution in [-0.4, -0.2) is 95.2 Å². The molecule has 4 amide bonds. The molecule has 0 aliphatic carbocycles. The number of carboxylic acids is 1. The number of aliphatic carboxylic acids is 1. The van der Waals surface area contributed by atoms with Gasteiger partial charge in [-0.05, 0) is 76.9 Å². The average molecular weight is 1190 g/mol. The van der Waals surface area contributed by atoms with E-state index in [0.717, 1.165) is 38.9 Å². The van der Waals surface area contributed by atoms with Crippen molar-refractivity contribution in [2.45, 2.75) is 97.6 Å². The van der Waals surface area contributed by atoms with Crippen LogP contribution in [0.25, 0.3) is 0 Å². The minimum Gasteiger partial charge on any atom is -0.481 e. The number of carbonyl (C=O) groups is 5. The van der Waals surface area contributed by atoms with Gasteiger partial charge in [0.1, 0.15) is 12.1 Å². The summed E-state index contributed by atoms with van der Waals surface area (Å²) < 4.78 is 27.1. The van der Waals surface area contributed by atoms with E-state index in [0.29, 0.717) is 12.2 Å². The molecule has 17 heteroatoms. The molecule has 84 heavy (non-hydrogen) atoms. The van der Waals surface area contributed by atoms with E-state index in [1.807, 2.05) is 150 Å². The first-order valence-corrected chi connectivity index (χ1v) is 31.3. The second-order valence-electron chi connectivity index (χ2n) is 20.7. The molecule has 0 saturated heterocycles. The van der Waals surface area contributed by atoms with E-state index < -0.39 is 111 Å². The summed E-state index contributed by atoms with van der Waals surface area (Å²) in [5.74, 6) is -4.75. The van der Waals surface area contributed by atoms with E-state index in [4.69, 9.17) is 0 Å². The van der Waals surface area contributed by atoms with Crippen LogP contribution in [0.3, 0.4) is 0 Å². The smallest absolute Gasteiger partial charge is 0.306 e. The molecule has 0 aliphatic heterocycles. The summed E-state index contributed by atoms with van der Waals surface area (Å²) in [7, 11) is -4.34. The van der Waals surface area contributed by atoms with Gasteiger partial charge in [-0.2, -0.15) is 0 Å². The van der Waals surface area contributed by atoms with Gasteiger partial charge in [0.2, 0.25) is 23.6 Å². The Morgan fingerprint density at radius 3 is 1.37 bits per heavy atom. The highest BCUT2D eigenvalue weighted by atomic mass is 32.2. The summed E-state index contributed by atoms with van der Waals surface area (Å²) in [5.41, 5.74) is 6.61. The Balaban J connectivity index is 1.15. The molecule has 0 bridgehead atoms. The third-order valence-electron chi connectivity index (χ3n) is 14.3. The molecule has 0 unspecified atom stereocenters. The quantitative estimate of drug-likeness (QED) is 0.0127. The first kappa shape index (κ1) is 63.8. The summed E-state index contributed by atoms with van der Waals surface area (Å²) in [6.45, 7) is 5.19. The molecule has 7 N–H and O–H groups in total. The van der Waals surface area contributed by atoms with Crippen LogP contribution in [-0.2, 0) is 43.5 Å². The topological polar surface area (TPSA) is 228 Å². The number of allylic oxidation sites excluding steroid dienone is 1. The number of hydrogen-bond donors (Lipinski definition) is 7. The van der Waals surface area contributed by atoms with Crippen LogP contribution in [0, 0.1) is 12.8 Å². The number of benzene rings is 7. The average Bonchev–Trinajstić information content (AvgIpc) is 1.45. The fourth-order valence-corrected chi connectivity index (χ4v) is 14.1. The molecule has 0 radical (unpaired) electrons. The van der Waals surface area contributed by atoms with Gasteiger partial charge in [0.25, 0.3) is 10.0 Å². The zero-order chi connectivity index (χ0) is 60.1. The number of aliphatic hydroxyl groups excluding tert-OH is 2. The van der Waals surface area contributed by atoms with Gasteiger partial charge >= 0.3 is 5.97 Å². The molecule has 14 nitrogen and oxygen atoms in total. The van der Waals surface area contributed by atoms with Crippen molar-refractivity contribution in [1.29, 1.82) is 0 Å². The molecule has 7 rings (SSSR count). The van der Waals surface area contributed by atoms with Gasteiger partial charge in [0.15, 0.2) is 0 Å². The van der Waals surface area contributed by atoms with Gasteiger partial charge in [0, 0.05) is 12.2 Å². The highest BCUT2D eigenvalue weighted by Crippen LogP contribution is 2.50. The summed E-state index contributed by atoms with van der Waals surface area (Å²) in [6, 6.07) is 61.3. The Kier molecular flexibility index (Phi) is 23.3. The van der Waals surface area contributed by atoms with Crippen molar-refractivity contribution < 1.29 is 47.7 Å². The Labute approximate surface area is 501 Å². The first-order valence-electron chi connectivity index (χ1n) is 27.8. The molecule has 0 spiro atoms. The number of amides is 4. The second-order valence-corrected chi connectivity index (χ2v) is 24.9. The SMILES string of the molecule is Cc1ccc(S(=O)(=O)NC(=O)CC[C@@H](NC(=O)C[C@H](O)C=CCCSC(c2ccccc2)(c2ccccc2)c2ccccc2)C(=O)N[C@H](CSC(c2ccccc2)(c2ccccc2)c2ccccc2)C(=O)N[C@H](C(C)C)[C@@H](O)CC(=O)O)cc1. The molecular formula is C67H72N4O10S3. The number of sulfonamides is 1. The lowest BCUT2D eigenvalue weighted by Crippen LogP contribution is -2.58. The third kappa shape index (κ3) is 16.9. The Morgan fingerprint density at radius 1 is 0.536 bits per heavy atom. The minimum atomic E-state index is -4.34. The van der Waals surface area contributed by atoms with E-state index in [9.17, 15) is 47.7 Å². The van der Waals surface area contributed by atoms with Crippen LogP contribution in [0.2, 0.25) is 0 Å². The largest absolute Gasteiger partial charge is 0.481 e. The maximum atomic E-state index is 14.9. The Bertz CT molecular complexity index is 3190. The first-order chi connectivity index (χ1) is 40.4. The van der Waals surface area contributed by atoms with Gasteiger partial charge in [-0.1, -0.05) is 226 Å². The molecule has 0 aromatic heterocycles. The number of rotatable bonds is 30. The molecular weight excluding hydrogens is 1120 g/mol. The molecule has 0 aliphatic rings. The van der Waals surface area contributed by atoms with Crippen molar-refractivity contribution in [2.24, 2.45) is 5.92 Å². The third-order valence-corrected chi connectivity index (χ3v) is 18.9. The summed E-state index contributed by atoms with van der Waals surface area (Å²) in [5, 5.41) is 40.3. The van der Waals surface area contributed by atoms with Crippen molar-refractivity contribution in [3.8, 4) is 0 Å². The standard InChI is InChI=1S/C67H72N4O10S3/c1-47(2)63(59(73)45-62(76)77)70-65(79)58(46-83-67(52-30-16-7-17-31-52,53-32-18-8-19-33-53)54-34-20-9-21-35-54)69-64(78)57(41-42-60(74)71-84(80,81)56-39-37-48(3)38-40-56)68-61(75)44-55(72)36-22-23-43-82-66(49-24-10-4-11-25-49,50-26-12-5-13-27-50)51-28-14-6-15-29-51/h4-22,24-40,47,55,57-59,63,72-73H,23,41-46H2,1-3H3,(H,68,75)(H,69,78)(H,70,79)(H,71,74)(H,76,77)/t55-,57-,58-,59+,63-/m1/s1. The minimum absolute atomic E-state index is 0.142. The number of aliphatic hydroxyl groups is 2. The Hall–Kier alpha value is -7.80. The molecule has 438 valence electrons. The predicted molar refractivity (Wildman–Crippen MR) is 332 cm³/mol. The van der Waals surface area contributed by atoms with E-state index in [-0.39, 0.29) is 10.6 Å². The van der Waals surface area contributed by atoms with Gasteiger partial charge in [-0.25, -0.2) is 13.1 Å². The van der Waals surface area contributed by atoms with Gasteiger partial charge in [-0.3, -0.25) is 24.0 Å². The maximum absolute atomic E-state index is 14.9. The lowest BCUT2D eigenvalue weighted by Gasteiger charge is -2.37. The van der Waals surface area contributed by atoms with Crippen molar-refractivity contribution in [1.82, 2.24) is 20.7 Å². The highest BCUT2D eigenvalue weighted by Gasteiger charge is 2.41. The number of hydrogen-bond acceptors (Lipinski definition) is 11. The van der Waals surface area contributed by atoms with E-state index in [2.05, 4.69) is 52.3 Å². The number of carbonyl (C=O) groups excluding carboxylic acids is 4. The van der Waals surface area contributed by atoms with Crippen LogP contribution in [0.15, 0.2) is 223 Å². The monoisotopic (exact) mass is 1190 g/mol. The molecule has 0 fully saturated rings. The van der Waals surface area contributed by atoms with Crippen LogP contribution in [0.4, 0.5) is 0 Å². The van der Waals surface area contributed by atoms with Gasteiger partial charge in [-0.15, -0.1) is 23.5 Å². The van der Waals surface area contributed by atoms with Crippen molar-refractivity contribution >= 4 is 63.1 Å². The fourth-order valence-electron chi connectivity index (χ4n) is 10.0. The number of aryl methyl sites for hydroxylation is 1. The normalized spacial score (nSPS) is 13.7. The highest BCUT2D eigenvalue weighted by molar-refractivity contribution is 8.01. The summed E-state index contributed by atoms with van der Waals surface area (Å²) >= 11 is 3.07. The van der Waals surface area contributed by atoms with Gasteiger partial charge in [0.05, 0.1) is 45.5 Å². The zero-order valence-electron chi connectivity index (χ0n) is 47.1. The van der Waals surface area contributed by atoms with Crippen LogP contribution in [0.1, 0.15) is 84.9 Å². The summed E-state index contributed by atoms with van der Waals surface area (Å²) in [6.07, 6.45) is -1.23. The molecule has 5 atom stereocenters. The molecule has 7 aromatic rings. The predicted octanol–water partition coefficient (Wildman–Crippen LogP) is 9.67. The van der Waals surface area contributed by atoms with Crippen molar-refractivity contribution in [3.05, 3.63) is 257 Å². The number of thioether (sulfide) groups is 2. The van der Waals surface area contributed by atoms with E-state index in [1.165, 1.54) is 30.0 Å². The summed E-state index contributed by atoms with van der Waals surface area (Å²) in [4.78, 5) is 69.0. The molecule has 0 heterocycles. The fraction of sp³-hybridized carbons (Fsp3) is 0.269. The second kappa shape index (κ2) is 30.7. The Morgan fingerprint density at radius 2 is 0.952 bits per heavy atom. The molecule has 7 aromatic carbocycles. The number of carboxylic acid groups (broad SMARTS) is 1. The zero-order valence-corrected chi connectivity index (χ0v) is 49.6. The van der Waals surface area contributed by atoms with Crippen LogP contribution in [0.5, 0.6) is 0 Å². The van der Waals surface area contributed by atoms with E-state index >= 15 is 0 Å². The van der Waals surface area contributed by atoms with Crippen molar-refractivity contribution in [3.63, 3.8) is 0 Å². The van der Waals surface area contributed by atoms with Gasteiger partial charge < -0.3 is 31.3 Å². The van der Waals surface area contributed by atoms with Crippen LogP contribution < -0.4 is 20.7 Å². The lowest BCUT2D eigenvalue weighted by molar-refractivity contribution is -0.140. The molecule has 0 saturated carbocycles.